The van der Waals surface area contributed by atoms with E-state index in [1.165, 1.54) is 24.3 Å². The lowest BCUT2D eigenvalue weighted by Crippen LogP contribution is -2.42. The van der Waals surface area contributed by atoms with Gasteiger partial charge in [-0.3, -0.25) is 25.2 Å². The van der Waals surface area contributed by atoms with Gasteiger partial charge in [0.15, 0.2) is 0 Å². The number of carbonyl (C=O) groups excluding carboxylic acids is 4. The Morgan fingerprint density at radius 3 is 1.96 bits per heavy atom. The van der Waals surface area contributed by atoms with Crippen LogP contribution in [0.1, 0.15) is 33.6 Å². The fourth-order valence-corrected chi connectivity index (χ4v) is 2.09. The van der Waals surface area contributed by atoms with Gasteiger partial charge in [0.2, 0.25) is 11.8 Å². The standard InChI is InChI=1S/C18H17N3O5/c22-15(19-12-6-2-1-3-7-12)10-11-16(23)20-21-17(24)13-8-4-5-9-14(13)18(25)26/h1-9H,10-11H2,(H,19,22)(H,20,23)(H,21,24)(H,25,26)/p-1. The van der Waals surface area contributed by atoms with E-state index in [0.717, 1.165) is 0 Å². The fraction of sp³-hybridized carbons (Fsp3) is 0.111. The molecule has 0 heterocycles. The van der Waals surface area contributed by atoms with Crippen molar-refractivity contribution < 1.29 is 24.3 Å². The molecule has 0 saturated heterocycles. The second-order valence-electron chi connectivity index (χ2n) is 5.25. The summed E-state index contributed by atoms with van der Waals surface area (Å²) < 4.78 is 0. The van der Waals surface area contributed by atoms with E-state index in [4.69, 9.17) is 0 Å². The summed E-state index contributed by atoms with van der Waals surface area (Å²) in [6, 6.07) is 14.2. The zero-order chi connectivity index (χ0) is 18.9. The summed E-state index contributed by atoms with van der Waals surface area (Å²) in [5.41, 5.74) is 4.42. The first kappa shape index (κ1) is 18.7. The van der Waals surface area contributed by atoms with Crippen LogP contribution in [-0.2, 0) is 9.59 Å². The van der Waals surface area contributed by atoms with E-state index in [-0.39, 0.29) is 29.9 Å². The van der Waals surface area contributed by atoms with Gasteiger partial charge in [0.05, 0.1) is 11.5 Å². The third-order valence-corrected chi connectivity index (χ3v) is 3.34. The third-order valence-electron chi connectivity index (χ3n) is 3.34. The molecule has 0 aliphatic rings. The monoisotopic (exact) mass is 354 g/mol. The first-order chi connectivity index (χ1) is 12.5. The highest BCUT2D eigenvalue weighted by atomic mass is 16.4. The minimum Gasteiger partial charge on any atom is -0.545 e. The maximum atomic E-state index is 12.0. The van der Waals surface area contributed by atoms with Crippen LogP contribution in [-0.4, -0.2) is 23.7 Å². The van der Waals surface area contributed by atoms with Gasteiger partial charge in [-0.05, 0) is 18.2 Å². The van der Waals surface area contributed by atoms with Gasteiger partial charge in [-0.25, -0.2) is 0 Å². The average molecular weight is 354 g/mol. The van der Waals surface area contributed by atoms with E-state index >= 15 is 0 Å². The molecule has 0 unspecified atom stereocenters. The van der Waals surface area contributed by atoms with Gasteiger partial charge >= 0.3 is 0 Å². The molecule has 0 bridgehead atoms. The number of anilines is 1. The number of aromatic carboxylic acids is 1. The van der Waals surface area contributed by atoms with Gasteiger partial charge in [-0.15, -0.1) is 0 Å². The SMILES string of the molecule is O=C(CCC(=O)Nc1ccccc1)NNC(=O)c1ccccc1C(=O)[O-]. The summed E-state index contributed by atoms with van der Waals surface area (Å²) in [6.45, 7) is 0. The van der Waals surface area contributed by atoms with Gasteiger partial charge in [-0.2, -0.15) is 0 Å². The molecule has 0 atom stereocenters. The Kier molecular flexibility index (Phi) is 6.44. The second-order valence-corrected chi connectivity index (χ2v) is 5.25. The number of nitrogens with one attached hydrogen (secondary N) is 3. The van der Waals surface area contributed by atoms with Crippen LogP contribution in [0.5, 0.6) is 0 Å². The van der Waals surface area contributed by atoms with Gasteiger partial charge in [0.25, 0.3) is 5.91 Å². The summed E-state index contributed by atoms with van der Waals surface area (Å²) >= 11 is 0. The van der Waals surface area contributed by atoms with Gasteiger partial charge in [0, 0.05) is 24.1 Å². The lowest BCUT2D eigenvalue weighted by Gasteiger charge is -2.11. The summed E-state index contributed by atoms with van der Waals surface area (Å²) in [7, 11) is 0. The predicted octanol–water partition coefficient (Wildman–Crippen LogP) is 0.230. The van der Waals surface area contributed by atoms with Crippen molar-refractivity contribution in [3.05, 3.63) is 65.7 Å². The molecule has 26 heavy (non-hydrogen) atoms. The van der Waals surface area contributed by atoms with Crippen molar-refractivity contribution >= 4 is 29.4 Å². The molecular formula is C18H16N3O5-. The summed E-state index contributed by atoms with van der Waals surface area (Å²) in [5, 5.41) is 13.6. The summed E-state index contributed by atoms with van der Waals surface area (Å²) in [4.78, 5) is 46.4. The molecule has 0 aliphatic carbocycles. The number of carbonyl (C=O) groups is 4. The molecule has 8 nitrogen and oxygen atoms in total. The summed E-state index contributed by atoms with van der Waals surface area (Å²) in [5.74, 6) is -3.24. The maximum Gasteiger partial charge on any atom is 0.270 e. The Morgan fingerprint density at radius 1 is 0.731 bits per heavy atom. The molecule has 3 N–H and O–H groups in total. The lowest BCUT2D eigenvalue weighted by molar-refractivity contribution is -0.255. The van der Waals surface area contributed by atoms with Crippen LogP contribution in [0.3, 0.4) is 0 Å². The zero-order valence-corrected chi connectivity index (χ0v) is 13.7. The van der Waals surface area contributed by atoms with Crippen LogP contribution >= 0.6 is 0 Å². The maximum absolute atomic E-state index is 12.0. The molecule has 0 aromatic heterocycles. The first-order valence-electron chi connectivity index (χ1n) is 7.72. The van der Waals surface area contributed by atoms with E-state index in [0.29, 0.717) is 5.69 Å². The molecular weight excluding hydrogens is 338 g/mol. The number of hydrogen-bond donors (Lipinski definition) is 3. The Balaban J connectivity index is 1.79. The smallest absolute Gasteiger partial charge is 0.270 e. The highest BCUT2D eigenvalue weighted by molar-refractivity contribution is 6.04. The van der Waals surface area contributed by atoms with Crippen molar-refractivity contribution in [2.24, 2.45) is 0 Å². The van der Waals surface area contributed by atoms with Crippen LogP contribution in [0.25, 0.3) is 0 Å². The topological polar surface area (TPSA) is 127 Å². The Hall–Kier alpha value is -3.68. The molecule has 0 fully saturated rings. The minimum atomic E-state index is -1.50. The van der Waals surface area contributed by atoms with E-state index in [1.54, 1.807) is 24.3 Å². The molecule has 2 aromatic rings. The fourth-order valence-electron chi connectivity index (χ4n) is 2.09. The molecule has 2 aromatic carbocycles. The highest BCUT2D eigenvalue weighted by Crippen LogP contribution is 2.07. The van der Waals surface area contributed by atoms with Crippen molar-refractivity contribution in [3.8, 4) is 0 Å². The quantitative estimate of drug-likeness (QED) is 0.640. The number of rotatable bonds is 6. The molecule has 0 aliphatic heterocycles. The van der Waals surface area contributed by atoms with E-state index < -0.39 is 17.8 Å². The number of carboxylic acid groups (broad SMARTS) is 1. The van der Waals surface area contributed by atoms with Crippen LogP contribution in [0.2, 0.25) is 0 Å². The average Bonchev–Trinajstić information content (AvgIpc) is 2.65. The van der Waals surface area contributed by atoms with Crippen LogP contribution in [0.4, 0.5) is 5.69 Å². The van der Waals surface area contributed by atoms with Crippen LogP contribution in [0.15, 0.2) is 54.6 Å². The van der Waals surface area contributed by atoms with E-state index in [9.17, 15) is 24.3 Å². The first-order valence-corrected chi connectivity index (χ1v) is 7.72. The number of hydrazine groups is 1. The van der Waals surface area contributed by atoms with Gasteiger partial charge in [-0.1, -0.05) is 36.4 Å². The number of hydrogen-bond acceptors (Lipinski definition) is 5. The van der Waals surface area contributed by atoms with Crippen molar-refractivity contribution in [2.45, 2.75) is 12.8 Å². The number of amides is 3. The van der Waals surface area contributed by atoms with Crippen molar-refractivity contribution in [3.63, 3.8) is 0 Å². The number of benzene rings is 2. The number of carboxylic acids is 1. The number of para-hydroxylation sites is 1. The highest BCUT2D eigenvalue weighted by Gasteiger charge is 2.13. The largest absolute Gasteiger partial charge is 0.545 e. The molecule has 0 spiro atoms. The Bertz CT molecular complexity index is 821. The zero-order valence-electron chi connectivity index (χ0n) is 13.7. The molecule has 0 saturated carbocycles. The normalized spacial score (nSPS) is 9.85. The summed E-state index contributed by atoms with van der Waals surface area (Å²) in [6.07, 6.45) is -0.229. The van der Waals surface area contributed by atoms with Crippen LogP contribution < -0.4 is 21.3 Å². The Morgan fingerprint density at radius 2 is 1.31 bits per heavy atom. The van der Waals surface area contributed by atoms with Gasteiger partial charge in [0.1, 0.15) is 0 Å². The van der Waals surface area contributed by atoms with Crippen molar-refractivity contribution in [2.75, 3.05) is 5.32 Å². The third kappa shape index (κ3) is 5.45. The van der Waals surface area contributed by atoms with Crippen molar-refractivity contribution in [1.82, 2.24) is 10.9 Å². The lowest BCUT2D eigenvalue weighted by atomic mass is 10.1. The van der Waals surface area contributed by atoms with E-state index in [2.05, 4.69) is 16.2 Å². The van der Waals surface area contributed by atoms with Crippen LogP contribution in [0, 0.1) is 0 Å². The molecule has 0 radical (unpaired) electrons. The second kappa shape index (κ2) is 8.97. The predicted molar refractivity (Wildman–Crippen MR) is 90.7 cm³/mol. The van der Waals surface area contributed by atoms with Gasteiger partial charge < -0.3 is 15.2 Å². The molecule has 3 amide bonds. The molecule has 2 rings (SSSR count). The minimum absolute atomic E-state index is 0.0772. The molecule has 8 heteroatoms. The molecule has 134 valence electrons. The Labute approximate surface area is 149 Å². The van der Waals surface area contributed by atoms with Crippen molar-refractivity contribution in [1.29, 1.82) is 0 Å². The van der Waals surface area contributed by atoms with E-state index in [1.807, 2.05) is 6.07 Å².